The number of nitrogens with zero attached hydrogens (tertiary/aromatic N) is 3. The smallest absolute Gasteiger partial charge is 0.409 e. The topological polar surface area (TPSA) is 71.4 Å². The van der Waals surface area contributed by atoms with E-state index in [1.54, 1.807) is 13.0 Å². The standard InChI is InChI=1S/C17H19N3O4S2/c1-12(25-4)18-24-17(22)20(3)26-19(2)16(21)23-15-11-7-9-13-8-5-6-10-14(13)15/h5-11H,1-4H3/b18-12-. The first kappa shape index (κ1) is 19.9. The second-order valence-corrected chi connectivity index (χ2v) is 7.35. The molecular formula is C17H19N3O4S2. The minimum absolute atomic E-state index is 0.450. The maximum atomic E-state index is 12.3. The minimum Gasteiger partial charge on any atom is -0.409 e. The van der Waals surface area contributed by atoms with Gasteiger partial charge in [0.2, 0.25) is 0 Å². The molecule has 0 fully saturated rings. The van der Waals surface area contributed by atoms with Crippen molar-refractivity contribution in [3.05, 3.63) is 42.5 Å². The number of hydrogen-bond donors (Lipinski definition) is 0. The number of carbonyl (C=O) groups excluding carboxylic acids is 2. The van der Waals surface area contributed by atoms with E-state index in [2.05, 4.69) is 5.16 Å². The van der Waals surface area contributed by atoms with Crippen molar-refractivity contribution in [3.8, 4) is 5.75 Å². The van der Waals surface area contributed by atoms with Crippen molar-refractivity contribution in [2.75, 3.05) is 20.4 Å². The van der Waals surface area contributed by atoms with E-state index < -0.39 is 12.2 Å². The number of rotatable bonds is 4. The first-order chi connectivity index (χ1) is 12.4. The third-order valence-electron chi connectivity index (χ3n) is 3.25. The van der Waals surface area contributed by atoms with Crippen LogP contribution in [0.15, 0.2) is 47.6 Å². The molecule has 0 aliphatic heterocycles. The van der Waals surface area contributed by atoms with Gasteiger partial charge in [0.05, 0.1) is 12.1 Å². The fourth-order valence-corrected chi connectivity index (χ4v) is 2.57. The Morgan fingerprint density at radius 1 is 1.00 bits per heavy atom. The largest absolute Gasteiger partial charge is 0.447 e. The molecule has 0 spiro atoms. The fourth-order valence-electron chi connectivity index (χ4n) is 1.89. The quantitative estimate of drug-likeness (QED) is 0.249. The summed E-state index contributed by atoms with van der Waals surface area (Å²) in [4.78, 5) is 28.9. The molecule has 138 valence electrons. The molecule has 0 aliphatic carbocycles. The Bertz CT molecular complexity index is 823. The lowest BCUT2D eigenvalue weighted by Gasteiger charge is -2.20. The zero-order valence-corrected chi connectivity index (χ0v) is 16.5. The van der Waals surface area contributed by atoms with Gasteiger partial charge >= 0.3 is 12.2 Å². The highest BCUT2D eigenvalue weighted by Crippen LogP contribution is 2.26. The lowest BCUT2D eigenvalue weighted by molar-refractivity contribution is 0.136. The third kappa shape index (κ3) is 5.30. The molecule has 7 nitrogen and oxygen atoms in total. The maximum absolute atomic E-state index is 12.3. The molecule has 2 aromatic carbocycles. The lowest BCUT2D eigenvalue weighted by atomic mass is 10.1. The van der Waals surface area contributed by atoms with Crippen LogP contribution in [0.5, 0.6) is 5.75 Å². The van der Waals surface area contributed by atoms with Gasteiger partial charge in [-0.3, -0.25) is 4.84 Å². The van der Waals surface area contributed by atoms with Crippen LogP contribution in [0.3, 0.4) is 0 Å². The summed E-state index contributed by atoms with van der Waals surface area (Å²) in [5.74, 6) is 0.450. The van der Waals surface area contributed by atoms with E-state index in [1.807, 2.05) is 42.7 Å². The average Bonchev–Trinajstić information content (AvgIpc) is 2.65. The van der Waals surface area contributed by atoms with Crippen molar-refractivity contribution in [1.29, 1.82) is 0 Å². The van der Waals surface area contributed by atoms with E-state index in [0.717, 1.165) is 27.2 Å². The normalized spacial score (nSPS) is 11.2. The molecule has 0 aromatic heterocycles. The molecule has 0 saturated carbocycles. The van der Waals surface area contributed by atoms with Crippen LogP contribution < -0.4 is 4.74 Å². The zero-order chi connectivity index (χ0) is 19.1. The van der Waals surface area contributed by atoms with Crippen LogP contribution in [-0.4, -0.2) is 46.2 Å². The second kappa shape index (κ2) is 9.35. The molecule has 0 radical (unpaired) electrons. The summed E-state index contributed by atoms with van der Waals surface area (Å²) in [6.07, 6.45) is 0.505. The first-order valence-corrected chi connectivity index (χ1v) is 9.52. The molecule has 0 atom stereocenters. The van der Waals surface area contributed by atoms with Gasteiger partial charge in [0, 0.05) is 19.5 Å². The summed E-state index contributed by atoms with van der Waals surface area (Å²) in [7, 11) is 2.97. The molecule has 2 amide bonds. The van der Waals surface area contributed by atoms with Crippen LogP contribution in [-0.2, 0) is 4.84 Å². The molecule has 0 heterocycles. The average molecular weight is 393 g/mol. The van der Waals surface area contributed by atoms with Crippen molar-refractivity contribution < 1.29 is 19.2 Å². The maximum Gasteiger partial charge on any atom is 0.447 e. The summed E-state index contributed by atoms with van der Waals surface area (Å²) >= 11 is 2.20. The van der Waals surface area contributed by atoms with Crippen LogP contribution in [0.25, 0.3) is 10.8 Å². The van der Waals surface area contributed by atoms with Gasteiger partial charge in [0.25, 0.3) is 0 Å². The molecule has 0 N–H and O–H groups in total. The number of hydrogen-bond acceptors (Lipinski definition) is 7. The molecule has 0 bridgehead atoms. The van der Waals surface area contributed by atoms with Crippen LogP contribution in [0.2, 0.25) is 0 Å². The van der Waals surface area contributed by atoms with Gasteiger partial charge < -0.3 is 4.74 Å². The number of ether oxygens (including phenoxy) is 1. The predicted molar refractivity (Wildman–Crippen MR) is 106 cm³/mol. The second-order valence-electron chi connectivity index (χ2n) is 5.09. The van der Waals surface area contributed by atoms with Crippen molar-refractivity contribution >= 4 is 51.9 Å². The van der Waals surface area contributed by atoms with E-state index in [4.69, 9.17) is 9.57 Å². The van der Waals surface area contributed by atoms with Crippen molar-refractivity contribution in [3.63, 3.8) is 0 Å². The van der Waals surface area contributed by atoms with Gasteiger partial charge in [-0.2, -0.15) is 0 Å². The lowest BCUT2D eigenvalue weighted by Crippen LogP contribution is -2.30. The van der Waals surface area contributed by atoms with Gasteiger partial charge in [0.1, 0.15) is 10.8 Å². The molecule has 0 aliphatic rings. The fraction of sp³-hybridized carbons (Fsp3) is 0.235. The Morgan fingerprint density at radius 2 is 1.65 bits per heavy atom. The Hall–Kier alpha value is -2.39. The highest BCUT2D eigenvalue weighted by atomic mass is 32.2. The zero-order valence-electron chi connectivity index (χ0n) is 14.8. The van der Waals surface area contributed by atoms with Gasteiger partial charge in [-0.25, -0.2) is 18.2 Å². The number of fused-ring (bicyclic) bond motifs is 1. The predicted octanol–water partition coefficient (Wildman–Crippen LogP) is 4.60. The van der Waals surface area contributed by atoms with E-state index in [1.165, 1.54) is 30.2 Å². The molecule has 26 heavy (non-hydrogen) atoms. The van der Waals surface area contributed by atoms with Gasteiger partial charge in [0.15, 0.2) is 0 Å². The van der Waals surface area contributed by atoms with Crippen molar-refractivity contribution in [2.24, 2.45) is 5.16 Å². The number of carbonyl (C=O) groups is 2. The Labute approximate surface area is 160 Å². The van der Waals surface area contributed by atoms with E-state index in [9.17, 15) is 9.59 Å². The summed E-state index contributed by atoms with van der Waals surface area (Å²) in [6.45, 7) is 1.72. The number of amides is 2. The molecule has 0 unspecified atom stereocenters. The van der Waals surface area contributed by atoms with Gasteiger partial charge in [-0.1, -0.05) is 41.6 Å². The van der Waals surface area contributed by atoms with Crippen molar-refractivity contribution in [2.45, 2.75) is 6.92 Å². The van der Waals surface area contributed by atoms with E-state index in [-0.39, 0.29) is 0 Å². The minimum atomic E-state index is -0.701. The first-order valence-electron chi connectivity index (χ1n) is 7.57. The Morgan fingerprint density at radius 3 is 2.38 bits per heavy atom. The third-order valence-corrected chi connectivity index (χ3v) is 4.71. The molecule has 2 aromatic rings. The Kier molecular flexibility index (Phi) is 7.16. The van der Waals surface area contributed by atoms with Crippen LogP contribution in [0.1, 0.15) is 6.92 Å². The number of thioether (sulfide) groups is 1. The van der Waals surface area contributed by atoms with Crippen LogP contribution in [0.4, 0.5) is 9.59 Å². The highest BCUT2D eigenvalue weighted by molar-refractivity contribution is 8.13. The summed E-state index contributed by atoms with van der Waals surface area (Å²) in [5.41, 5.74) is 0. The summed E-state index contributed by atoms with van der Waals surface area (Å²) < 4.78 is 7.77. The highest BCUT2D eigenvalue weighted by Gasteiger charge is 2.20. The monoisotopic (exact) mass is 393 g/mol. The summed E-state index contributed by atoms with van der Waals surface area (Å²) in [5, 5.41) is 6.07. The SMILES string of the molecule is CS/C(C)=N\OC(=O)N(C)SN(C)C(=O)Oc1cccc2ccccc12. The van der Waals surface area contributed by atoms with Crippen LogP contribution >= 0.6 is 23.9 Å². The van der Waals surface area contributed by atoms with Crippen LogP contribution in [0, 0.1) is 0 Å². The molecule has 2 rings (SSSR count). The van der Waals surface area contributed by atoms with Gasteiger partial charge in [-0.05, 0) is 24.6 Å². The molecular weight excluding hydrogens is 374 g/mol. The number of benzene rings is 2. The molecule has 9 heteroatoms. The number of oxime groups is 1. The van der Waals surface area contributed by atoms with Gasteiger partial charge in [-0.15, -0.1) is 11.8 Å². The Balaban J connectivity index is 1.97. The molecule has 0 saturated heterocycles. The van der Waals surface area contributed by atoms with Crippen molar-refractivity contribution in [1.82, 2.24) is 8.61 Å². The van der Waals surface area contributed by atoms with E-state index >= 15 is 0 Å². The van der Waals surface area contributed by atoms with E-state index in [0.29, 0.717) is 10.8 Å². The summed E-state index contributed by atoms with van der Waals surface area (Å²) in [6, 6.07) is 13.1.